The van der Waals surface area contributed by atoms with Crippen LogP contribution in [-0.2, 0) is 13.1 Å². The summed E-state index contributed by atoms with van der Waals surface area (Å²) >= 11 is 1.57. The zero-order valence-corrected chi connectivity index (χ0v) is 18.1. The Morgan fingerprint density at radius 2 is 2.03 bits per heavy atom. The molecule has 0 saturated carbocycles. The molecule has 9 heteroatoms. The average Bonchev–Trinajstić information content (AvgIpc) is 3.31. The van der Waals surface area contributed by atoms with Gasteiger partial charge in [0.1, 0.15) is 5.69 Å². The monoisotopic (exact) mass is 450 g/mol. The van der Waals surface area contributed by atoms with Crippen LogP contribution >= 0.6 is 11.3 Å². The SMILES string of the molecule is O=C(c1ccc(NCc2cccs2)c([N+](=O)[O-])c1)N1C[C@H]2C[C@@H](C1)c1cccc(=O)n1C2. The van der Waals surface area contributed by atoms with Gasteiger partial charge < -0.3 is 14.8 Å². The number of rotatable bonds is 5. The number of nitrogens with one attached hydrogen (secondary N) is 1. The fourth-order valence-electron chi connectivity index (χ4n) is 4.81. The van der Waals surface area contributed by atoms with Crippen molar-refractivity contribution in [3.05, 3.63) is 90.5 Å². The third-order valence-corrected chi connectivity index (χ3v) is 7.12. The number of nitrogens with zero attached hydrogens (tertiary/aromatic N) is 3. The van der Waals surface area contributed by atoms with Crippen molar-refractivity contribution in [2.75, 3.05) is 18.4 Å². The van der Waals surface area contributed by atoms with E-state index in [2.05, 4.69) is 5.32 Å². The number of benzene rings is 1. The van der Waals surface area contributed by atoms with Gasteiger partial charge in [-0.3, -0.25) is 19.7 Å². The van der Waals surface area contributed by atoms with E-state index in [0.717, 1.165) is 17.0 Å². The highest BCUT2D eigenvalue weighted by atomic mass is 32.1. The Morgan fingerprint density at radius 3 is 2.81 bits per heavy atom. The number of amides is 1. The molecule has 5 rings (SSSR count). The summed E-state index contributed by atoms with van der Waals surface area (Å²) in [5.41, 5.74) is 1.55. The second kappa shape index (κ2) is 8.23. The molecule has 0 aliphatic carbocycles. The molecule has 3 aromatic rings. The van der Waals surface area contributed by atoms with Gasteiger partial charge in [-0.2, -0.15) is 0 Å². The fraction of sp³-hybridized carbons (Fsp3) is 0.304. The standard InChI is InChI=1S/C23H22N4O4S/c28-22-5-1-4-20-17-9-15(13-26(20)22)12-25(14-17)23(29)16-6-7-19(21(10-16)27(30)31)24-11-18-3-2-8-32-18/h1-8,10,15,17,24H,9,11-14H2/t15-,17+/m1/s1. The first kappa shape index (κ1) is 20.4. The first-order valence-corrected chi connectivity index (χ1v) is 11.4. The van der Waals surface area contributed by atoms with E-state index in [4.69, 9.17) is 0 Å². The molecular weight excluding hydrogens is 428 g/mol. The van der Waals surface area contributed by atoms with E-state index in [-0.39, 0.29) is 29.0 Å². The maximum absolute atomic E-state index is 13.3. The maximum atomic E-state index is 13.3. The van der Waals surface area contributed by atoms with E-state index in [0.29, 0.717) is 37.4 Å². The molecule has 32 heavy (non-hydrogen) atoms. The first-order chi connectivity index (χ1) is 15.5. The summed E-state index contributed by atoms with van der Waals surface area (Å²) < 4.78 is 1.82. The number of pyridine rings is 1. The summed E-state index contributed by atoms with van der Waals surface area (Å²) in [7, 11) is 0. The van der Waals surface area contributed by atoms with Crippen LogP contribution in [0.4, 0.5) is 11.4 Å². The minimum atomic E-state index is -0.457. The van der Waals surface area contributed by atoms with Crippen molar-refractivity contribution in [1.82, 2.24) is 9.47 Å². The smallest absolute Gasteiger partial charge is 0.293 e. The third-order valence-electron chi connectivity index (χ3n) is 6.24. The third kappa shape index (κ3) is 3.80. The van der Waals surface area contributed by atoms with Crippen LogP contribution in [0.5, 0.6) is 0 Å². The lowest BCUT2D eigenvalue weighted by atomic mass is 9.83. The molecule has 8 nitrogen and oxygen atoms in total. The molecule has 1 aromatic carbocycles. The number of piperidine rings is 1. The number of nitro benzene ring substituents is 1. The van der Waals surface area contributed by atoms with Crippen LogP contribution in [0.25, 0.3) is 0 Å². The summed E-state index contributed by atoms with van der Waals surface area (Å²) in [5, 5.41) is 16.7. The van der Waals surface area contributed by atoms with Crippen LogP contribution in [0.1, 0.15) is 33.3 Å². The highest BCUT2D eigenvalue weighted by Gasteiger charge is 2.36. The van der Waals surface area contributed by atoms with Gasteiger partial charge in [-0.15, -0.1) is 11.3 Å². The summed E-state index contributed by atoms with van der Waals surface area (Å²) in [6.45, 7) is 2.13. The van der Waals surface area contributed by atoms with E-state index in [1.807, 2.05) is 28.1 Å². The van der Waals surface area contributed by atoms with Gasteiger partial charge in [-0.1, -0.05) is 12.1 Å². The van der Waals surface area contributed by atoms with Crippen molar-refractivity contribution >= 4 is 28.6 Å². The Morgan fingerprint density at radius 1 is 1.16 bits per heavy atom. The first-order valence-electron chi connectivity index (χ1n) is 10.5. The Balaban J connectivity index is 1.37. The largest absolute Gasteiger partial charge is 0.375 e. The molecule has 0 radical (unpaired) electrons. The molecule has 2 aliphatic heterocycles. The molecule has 2 aromatic heterocycles. The van der Waals surface area contributed by atoms with Gasteiger partial charge in [0, 0.05) is 60.4 Å². The quantitative estimate of drug-likeness (QED) is 0.472. The topological polar surface area (TPSA) is 97.5 Å². The Bertz CT molecular complexity index is 1240. The van der Waals surface area contributed by atoms with Crippen LogP contribution < -0.4 is 10.9 Å². The molecule has 2 atom stereocenters. The van der Waals surface area contributed by atoms with Crippen molar-refractivity contribution in [3.8, 4) is 0 Å². The summed E-state index contributed by atoms with van der Waals surface area (Å²) in [4.78, 5) is 39.5. The van der Waals surface area contributed by atoms with Gasteiger partial charge in [0.25, 0.3) is 17.2 Å². The van der Waals surface area contributed by atoms with Gasteiger partial charge in [0.05, 0.1) is 4.92 Å². The number of aromatic nitrogens is 1. The number of nitro groups is 1. The van der Waals surface area contributed by atoms with E-state index in [1.54, 1.807) is 40.5 Å². The van der Waals surface area contributed by atoms with Crippen LogP contribution in [0.2, 0.25) is 0 Å². The van der Waals surface area contributed by atoms with E-state index in [1.165, 1.54) is 6.07 Å². The van der Waals surface area contributed by atoms with Gasteiger partial charge in [0.2, 0.25) is 0 Å². The summed E-state index contributed by atoms with van der Waals surface area (Å²) in [6.07, 6.45) is 0.943. The molecule has 1 amide bonds. The molecule has 1 fully saturated rings. The van der Waals surface area contributed by atoms with Crippen LogP contribution in [-0.4, -0.2) is 33.4 Å². The van der Waals surface area contributed by atoms with Crippen molar-refractivity contribution in [2.24, 2.45) is 5.92 Å². The highest BCUT2D eigenvalue weighted by molar-refractivity contribution is 7.09. The van der Waals surface area contributed by atoms with Gasteiger partial charge >= 0.3 is 0 Å². The molecule has 4 heterocycles. The number of carbonyl (C=O) groups excluding carboxylic acids is 1. The van der Waals surface area contributed by atoms with Crippen LogP contribution in [0.3, 0.4) is 0 Å². The Kier molecular flexibility index (Phi) is 5.26. The van der Waals surface area contributed by atoms with Crippen molar-refractivity contribution < 1.29 is 9.72 Å². The Hall–Kier alpha value is -3.46. The Labute approximate surface area is 188 Å². The summed E-state index contributed by atoms with van der Waals surface area (Å²) in [6, 6.07) is 13.8. The number of thiophene rings is 1. The number of fused-ring (bicyclic) bond motifs is 4. The van der Waals surface area contributed by atoms with E-state index < -0.39 is 4.92 Å². The van der Waals surface area contributed by atoms with Crippen LogP contribution in [0, 0.1) is 16.0 Å². The number of anilines is 1. The van der Waals surface area contributed by atoms with E-state index in [9.17, 15) is 19.7 Å². The molecule has 2 bridgehead atoms. The van der Waals surface area contributed by atoms with Crippen molar-refractivity contribution in [2.45, 2.75) is 25.4 Å². The molecule has 1 saturated heterocycles. The number of hydrogen-bond donors (Lipinski definition) is 1. The maximum Gasteiger partial charge on any atom is 0.293 e. The van der Waals surface area contributed by atoms with E-state index >= 15 is 0 Å². The minimum absolute atomic E-state index is 0.00163. The lowest BCUT2D eigenvalue weighted by molar-refractivity contribution is -0.384. The lowest BCUT2D eigenvalue weighted by Crippen LogP contribution is -2.49. The zero-order chi connectivity index (χ0) is 22.2. The molecule has 0 spiro atoms. The molecule has 2 aliphatic rings. The lowest BCUT2D eigenvalue weighted by Gasteiger charge is -2.42. The normalized spacial score (nSPS) is 19.3. The van der Waals surface area contributed by atoms with Crippen molar-refractivity contribution in [1.29, 1.82) is 0 Å². The molecule has 164 valence electrons. The molecule has 0 unspecified atom stereocenters. The molecule has 1 N–H and O–H groups in total. The predicted octanol–water partition coefficient (Wildman–Crippen LogP) is 3.69. The average molecular weight is 451 g/mol. The van der Waals surface area contributed by atoms with Gasteiger partial charge in [0.15, 0.2) is 0 Å². The van der Waals surface area contributed by atoms with Gasteiger partial charge in [-0.25, -0.2) is 0 Å². The number of likely N-dealkylation sites (tertiary alicyclic amines) is 1. The predicted molar refractivity (Wildman–Crippen MR) is 122 cm³/mol. The second-order valence-electron chi connectivity index (χ2n) is 8.33. The second-order valence-corrected chi connectivity index (χ2v) is 9.36. The van der Waals surface area contributed by atoms with Crippen molar-refractivity contribution in [3.63, 3.8) is 0 Å². The minimum Gasteiger partial charge on any atom is -0.375 e. The molecular formula is C23H22N4O4S. The number of hydrogen-bond acceptors (Lipinski definition) is 6. The summed E-state index contributed by atoms with van der Waals surface area (Å²) in [5.74, 6) is 0.0911. The fourth-order valence-corrected chi connectivity index (χ4v) is 5.45. The van der Waals surface area contributed by atoms with Gasteiger partial charge in [-0.05, 0) is 42.0 Å². The highest BCUT2D eigenvalue weighted by Crippen LogP contribution is 2.36. The van der Waals surface area contributed by atoms with Crippen LogP contribution in [0.15, 0.2) is 58.7 Å². The zero-order valence-electron chi connectivity index (χ0n) is 17.3. The number of carbonyl (C=O) groups is 1.